The summed E-state index contributed by atoms with van der Waals surface area (Å²) in [5.41, 5.74) is 2.53. The van der Waals surface area contributed by atoms with Gasteiger partial charge in [0.2, 0.25) is 0 Å². The summed E-state index contributed by atoms with van der Waals surface area (Å²) < 4.78 is 5.04. The van der Waals surface area contributed by atoms with Crippen LogP contribution in [0.1, 0.15) is 37.3 Å². The van der Waals surface area contributed by atoms with Gasteiger partial charge in [0.1, 0.15) is 5.82 Å². The van der Waals surface area contributed by atoms with Gasteiger partial charge in [-0.25, -0.2) is 4.98 Å². The molecule has 1 N–H and O–H groups in total. The molecule has 1 aromatic rings. The summed E-state index contributed by atoms with van der Waals surface area (Å²) in [5.74, 6) is 2.02. The highest BCUT2D eigenvalue weighted by Gasteiger charge is 2.16. The third-order valence-electron chi connectivity index (χ3n) is 4.24. The molecule has 0 amide bonds. The molecular weight excluding hydrogens is 262 g/mol. The Morgan fingerprint density at radius 2 is 2.24 bits per heavy atom. The first kappa shape index (κ1) is 16.2. The molecule has 21 heavy (non-hydrogen) atoms. The molecule has 0 aliphatic carbocycles. The predicted molar refractivity (Wildman–Crippen MR) is 87.8 cm³/mol. The Hall–Kier alpha value is -1.13. The largest absolute Gasteiger partial charge is 0.383 e. The first-order valence-corrected chi connectivity index (χ1v) is 8.11. The summed E-state index contributed by atoms with van der Waals surface area (Å²) in [6.07, 6.45) is 5.91. The SMILES string of the molecule is COCCNCc1cnc(N2CCCC(C)CC2)c(C)c1. The van der Waals surface area contributed by atoms with Crippen molar-refractivity contribution in [2.45, 2.75) is 39.7 Å². The quantitative estimate of drug-likeness (QED) is 0.818. The number of nitrogens with zero attached hydrogens (tertiary/aromatic N) is 2. The maximum absolute atomic E-state index is 5.04. The molecular formula is C17H29N3O. The number of ether oxygens (including phenoxy) is 1. The van der Waals surface area contributed by atoms with Crippen LogP contribution in [0.4, 0.5) is 5.82 Å². The van der Waals surface area contributed by atoms with Gasteiger partial charge in [-0.3, -0.25) is 0 Å². The van der Waals surface area contributed by atoms with E-state index < -0.39 is 0 Å². The summed E-state index contributed by atoms with van der Waals surface area (Å²) in [4.78, 5) is 7.18. The maximum Gasteiger partial charge on any atom is 0.131 e. The van der Waals surface area contributed by atoms with Crippen LogP contribution < -0.4 is 10.2 Å². The van der Waals surface area contributed by atoms with Crippen molar-refractivity contribution in [3.63, 3.8) is 0 Å². The van der Waals surface area contributed by atoms with Gasteiger partial charge in [0.05, 0.1) is 6.61 Å². The topological polar surface area (TPSA) is 37.4 Å². The fraction of sp³-hybridized carbons (Fsp3) is 0.706. The third-order valence-corrected chi connectivity index (χ3v) is 4.24. The van der Waals surface area contributed by atoms with Crippen molar-refractivity contribution in [2.24, 2.45) is 5.92 Å². The molecule has 1 aromatic heterocycles. The van der Waals surface area contributed by atoms with Crippen LogP contribution in [0.5, 0.6) is 0 Å². The number of aromatic nitrogens is 1. The molecule has 2 rings (SSSR count). The van der Waals surface area contributed by atoms with E-state index in [9.17, 15) is 0 Å². The molecule has 1 atom stereocenters. The van der Waals surface area contributed by atoms with Crippen LogP contribution in [-0.2, 0) is 11.3 Å². The van der Waals surface area contributed by atoms with Gasteiger partial charge in [0.25, 0.3) is 0 Å². The fourth-order valence-corrected chi connectivity index (χ4v) is 2.94. The van der Waals surface area contributed by atoms with Crippen molar-refractivity contribution in [1.29, 1.82) is 0 Å². The second kappa shape index (κ2) is 8.35. The average Bonchev–Trinajstić information content (AvgIpc) is 2.69. The highest BCUT2D eigenvalue weighted by atomic mass is 16.5. The summed E-state index contributed by atoms with van der Waals surface area (Å²) in [5, 5.41) is 3.37. The Kier molecular flexibility index (Phi) is 6.46. The number of methoxy groups -OCH3 is 1. The molecule has 1 unspecified atom stereocenters. The lowest BCUT2D eigenvalue weighted by Crippen LogP contribution is -2.26. The number of pyridine rings is 1. The first-order chi connectivity index (χ1) is 10.2. The second-order valence-electron chi connectivity index (χ2n) is 6.18. The molecule has 1 fully saturated rings. The zero-order valence-corrected chi connectivity index (χ0v) is 13.7. The standard InChI is InChI=1S/C17H29N3O/c1-14-5-4-8-20(9-6-14)17-15(2)11-16(13-19-17)12-18-7-10-21-3/h11,13-14,18H,4-10,12H2,1-3H3. The molecule has 4 heteroatoms. The molecule has 0 saturated carbocycles. The Labute approximate surface area is 128 Å². The summed E-state index contributed by atoms with van der Waals surface area (Å²) in [6.45, 7) is 9.30. The lowest BCUT2D eigenvalue weighted by molar-refractivity contribution is 0.199. The van der Waals surface area contributed by atoms with Gasteiger partial charge in [-0.05, 0) is 49.3 Å². The monoisotopic (exact) mass is 291 g/mol. The van der Waals surface area contributed by atoms with E-state index >= 15 is 0 Å². The van der Waals surface area contributed by atoms with Crippen LogP contribution in [0.25, 0.3) is 0 Å². The van der Waals surface area contributed by atoms with Gasteiger partial charge in [-0.2, -0.15) is 0 Å². The molecule has 0 bridgehead atoms. The summed E-state index contributed by atoms with van der Waals surface area (Å²) in [7, 11) is 1.73. The van der Waals surface area contributed by atoms with Crippen molar-refractivity contribution in [3.8, 4) is 0 Å². The second-order valence-corrected chi connectivity index (χ2v) is 6.18. The van der Waals surface area contributed by atoms with Crippen molar-refractivity contribution < 1.29 is 4.74 Å². The van der Waals surface area contributed by atoms with E-state index in [0.717, 1.165) is 38.7 Å². The highest BCUT2D eigenvalue weighted by molar-refractivity contribution is 5.47. The zero-order chi connectivity index (χ0) is 15.1. The first-order valence-electron chi connectivity index (χ1n) is 8.11. The maximum atomic E-state index is 5.04. The van der Waals surface area contributed by atoms with E-state index in [4.69, 9.17) is 9.72 Å². The number of anilines is 1. The Morgan fingerprint density at radius 1 is 1.38 bits per heavy atom. The molecule has 0 radical (unpaired) electrons. The van der Waals surface area contributed by atoms with E-state index in [1.807, 2.05) is 6.20 Å². The van der Waals surface area contributed by atoms with Crippen molar-refractivity contribution in [1.82, 2.24) is 10.3 Å². The van der Waals surface area contributed by atoms with Crippen LogP contribution in [0.2, 0.25) is 0 Å². The molecule has 118 valence electrons. The minimum absolute atomic E-state index is 0.746. The van der Waals surface area contributed by atoms with Crippen LogP contribution in [0.15, 0.2) is 12.3 Å². The van der Waals surface area contributed by atoms with E-state index in [-0.39, 0.29) is 0 Å². The van der Waals surface area contributed by atoms with Gasteiger partial charge >= 0.3 is 0 Å². The van der Waals surface area contributed by atoms with Gasteiger partial charge in [-0.15, -0.1) is 0 Å². The van der Waals surface area contributed by atoms with Crippen LogP contribution in [0.3, 0.4) is 0 Å². The number of aryl methyl sites for hydroxylation is 1. The summed E-state index contributed by atoms with van der Waals surface area (Å²) in [6, 6.07) is 2.26. The zero-order valence-electron chi connectivity index (χ0n) is 13.7. The van der Waals surface area contributed by atoms with Crippen LogP contribution >= 0.6 is 0 Å². The Morgan fingerprint density at radius 3 is 3.00 bits per heavy atom. The fourth-order valence-electron chi connectivity index (χ4n) is 2.94. The normalized spacial score (nSPS) is 19.6. The van der Waals surface area contributed by atoms with E-state index in [2.05, 4.69) is 30.1 Å². The van der Waals surface area contributed by atoms with Crippen LogP contribution in [0, 0.1) is 12.8 Å². The lowest BCUT2D eigenvalue weighted by atomic mass is 10.0. The molecule has 0 spiro atoms. The predicted octanol–water partition coefficient (Wildman–Crippen LogP) is 2.75. The third kappa shape index (κ3) is 4.97. The molecule has 2 heterocycles. The van der Waals surface area contributed by atoms with Crippen LogP contribution in [-0.4, -0.2) is 38.3 Å². The minimum Gasteiger partial charge on any atom is -0.383 e. The number of nitrogens with one attached hydrogen (secondary N) is 1. The minimum atomic E-state index is 0.746. The number of hydrogen-bond acceptors (Lipinski definition) is 4. The van der Waals surface area contributed by atoms with E-state index in [0.29, 0.717) is 0 Å². The van der Waals surface area contributed by atoms with Gasteiger partial charge < -0.3 is 15.0 Å². The highest BCUT2D eigenvalue weighted by Crippen LogP contribution is 2.23. The molecule has 1 aliphatic heterocycles. The van der Waals surface area contributed by atoms with Gasteiger partial charge in [-0.1, -0.05) is 6.92 Å². The van der Waals surface area contributed by atoms with Gasteiger partial charge in [0.15, 0.2) is 0 Å². The number of rotatable bonds is 6. The molecule has 1 aliphatic rings. The van der Waals surface area contributed by atoms with Crippen molar-refractivity contribution in [2.75, 3.05) is 38.3 Å². The average molecular weight is 291 g/mol. The van der Waals surface area contributed by atoms with Crippen molar-refractivity contribution >= 4 is 5.82 Å². The smallest absolute Gasteiger partial charge is 0.131 e. The van der Waals surface area contributed by atoms with E-state index in [1.165, 1.54) is 36.2 Å². The molecule has 1 saturated heterocycles. The number of hydrogen-bond donors (Lipinski definition) is 1. The summed E-state index contributed by atoms with van der Waals surface area (Å²) >= 11 is 0. The van der Waals surface area contributed by atoms with Gasteiger partial charge in [0, 0.05) is 39.5 Å². The Balaban J connectivity index is 1.95. The molecule has 0 aromatic carbocycles. The Bertz CT molecular complexity index is 436. The van der Waals surface area contributed by atoms with Crippen molar-refractivity contribution in [3.05, 3.63) is 23.4 Å². The molecule has 4 nitrogen and oxygen atoms in total. The lowest BCUT2D eigenvalue weighted by Gasteiger charge is -2.23. The van der Waals surface area contributed by atoms with E-state index in [1.54, 1.807) is 7.11 Å².